The molecule has 0 amide bonds. The largest absolute Gasteiger partial charge is 0.422 e. The minimum absolute atomic E-state index is 0.212. The SMILES string of the molecule is O=c1cc(CN2CCCC[C@@H]2CCO)c2ccc3ccccc3c2o1. The van der Waals surface area contributed by atoms with Crippen molar-refractivity contribution in [2.24, 2.45) is 0 Å². The highest BCUT2D eigenvalue weighted by molar-refractivity contribution is 6.04. The highest BCUT2D eigenvalue weighted by atomic mass is 16.4. The lowest BCUT2D eigenvalue weighted by atomic mass is 9.97. The van der Waals surface area contributed by atoms with Crippen LogP contribution in [0.5, 0.6) is 0 Å². The Labute approximate surface area is 146 Å². The van der Waals surface area contributed by atoms with Crippen LogP contribution in [-0.4, -0.2) is 29.2 Å². The van der Waals surface area contributed by atoms with Gasteiger partial charge in [0.25, 0.3) is 0 Å². The van der Waals surface area contributed by atoms with Crippen LogP contribution in [0.3, 0.4) is 0 Å². The average Bonchev–Trinajstić information content (AvgIpc) is 2.63. The van der Waals surface area contributed by atoms with E-state index in [2.05, 4.69) is 17.0 Å². The van der Waals surface area contributed by atoms with Crippen molar-refractivity contribution in [3.63, 3.8) is 0 Å². The number of rotatable bonds is 4. The summed E-state index contributed by atoms with van der Waals surface area (Å²) in [5, 5.41) is 12.4. The molecule has 0 bridgehead atoms. The first-order valence-electron chi connectivity index (χ1n) is 9.05. The van der Waals surface area contributed by atoms with Gasteiger partial charge >= 0.3 is 5.63 Å². The van der Waals surface area contributed by atoms with Crippen molar-refractivity contribution in [3.05, 3.63) is 58.4 Å². The molecule has 0 radical (unpaired) electrons. The maximum Gasteiger partial charge on any atom is 0.336 e. The zero-order valence-corrected chi connectivity index (χ0v) is 14.3. The molecule has 0 unspecified atom stereocenters. The predicted molar refractivity (Wildman–Crippen MR) is 99.7 cm³/mol. The second-order valence-electron chi connectivity index (χ2n) is 6.89. The highest BCUT2D eigenvalue weighted by Gasteiger charge is 2.23. The molecule has 1 aliphatic heterocycles. The summed E-state index contributed by atoms with van der Waals surface area (Å²) in [6.45, 7) is 1.95. The third-order valence-electron chi connectivity index (χ3n) is 5.31. The summed E-state index contributed by atoms with van der Waals surface area (Å²) < 4.78 is 5.57. The van der Waals surface area contributed by atoms with Crippen LogP contribution in [0.4, 0.5) is 0 Å². The van der Waals surface area contributed by atoms with Crippen molar-refractivity contribution in [2.75, 3.05) is 13.2 Å². The standard InChI is InChI=1S/C21H23NO3/c23-12-10-17-6-3-4-11-22(17)14-16-13-20(24)25-21-18-7-2-1-5-15(18)8-9-19(16)21/h1-2,5,7-9,13,17,23H,3-4,6,10-12,14H2/t17-/m1/s1. The molecule has 1 atom stereocenters. The van der Waals surface area contributed by atoms with Gasteiger partial charge in [-0.25, -0.2) is 4.79 Å². The number of likely N-dealkylation sites (tertiary alicyclic amines) is 1. The number of aliphatic hydroxyl groups is 1. The van der Waals surface area contributed by atoms with Crippen molar-refractivity contribution >= 4 is 21.7 Å². The lowest BCUT2D eigenvalue weighted by molar-refractivity contribution is 0.113. The molecule has 0 saturated carbocycles. The second kappa shape index (κ2) is 6.98. The molecule has 2 heterocycles. The van der Waals surface area contributed by atoms with Gasteiger partial charge in [-0.15, -0.1) is 0 Å². The summed E-state index contributed by atoms with van der Waals surface area (Å²) in [6, 6.07) is 14.1. The Morgan fingerprint density at radius 3 is 2.88 bits per heavy atom. The quantitative estimate of drug-likeness (QED) is 0.583. The van der Waals surface area contributed by atoms with Crippen molar-refractivity contribution in [3.8, 4) is 0 Å². The minimum atomic E-state index is -0.297. The van der Waals surface area contributed by atoms with Crippen LogP contribution in [0, 0.1) is 0 Å². The van der Waals surface area contributed by atoms with E-state index in [0.717, 1.165) is 47.7 Å². The zero-order valence-electron chi connectivity index (χ0n) is 14.3. The molecule has 25 heavy (non-hydrogen) atoms. The molecule has 130 valence electrons. The fourth-order valence-electron chi connectivity index (χ4n) is 4.05. The van der Waals surface area contributed by atoms with Crippen LogP contribution in [0.1, 0.15) is 31.2 Å². The molecule has 1 saturated heterocycles. The molecular weight excluding hydrogens is 314 g/mol. The van der Waals surface area contributed by atoms with Gasteiger partial charge in [-0.1, -0.05) is 42.8 Å². The molecule has 0 aliphatic carbocycles. The normalized spacial score (nSPS) is 18.8. The van der Waals surface area contributed by atoms with Crippen molar-refractivity contribution in [1.29, 1.82) is 0 Å². The summed E-state index contributed by atoms with van der Waals surface area (Å²) in [4.78, 5) is 14.6. The maximum atomic E-state index is 12.2. The van der Waals surface area contributed by atoms with Crippen LogP contribution in [0.2, 0.25) is 0 Å². The van der Waals surface area contributed by atoms with Gasteiger partial charge in [0.15, 0.2) is 0 Å². The number of piperidine rings is 1. The minimum Gasteiger partial charge on any atom is -0.422 e. The van der Waals surface area contributed by atoms with Crippen molar-refractivity contribution in [2.45, 2.75) is 38.3 Å². The number of benzene rings is 2. The molecular formula is C21H23NO3. The average molecular weight is 337 g/mol. The molecule has 1 aromatic heterocycles. The number of fused-ring (bicyclic) bond motifs is 3. The third-order valence-corrected chi connectivity index (χ3v) is 5.31. The Bertz CT molecular complexity index is 945. The molecule has 3 aromatic rings. The number of aliphatic hydroxyl groups excluding tert-OH is 1. The van der Waals surface area contributed by atoms with E-state index in [1.165, 1.54) is 12.8 Å². The summed E-state index contributed by atoms with van der Waals surface area (Å²) in [5.41, 5.74) is 1.40. The Hall–Kier alpha value is -2.17. The van der Waals surface area contributed by atoms with E-state index in [1.807, 2.05) is 24.3 Å². The van der Waals surface area contributed by atoms with E-state index in [0.29, 0.717) is 11.6 Å². The Morgan fingerprint density at radius 1 is 1.12 bits per heavy atom. The first-order valence-corrected chi connectivity index (χ1v) is 9.05. The molecule has 1 aliphatic rings. The predicted octanol–water partition coefficient (Wildman–Crippen LogP) is 3.68. The number of nitrogens with zero attached hydrogens (tertiary/aromatic N) is 1. The number of hydrogen-bond donors (Lipinski definition) is 1. The molecule has 0 spiro atoms. The van der Waals surface area contributed by atoms with Crippen LogP contribution in [0.15, 0.2) is 51.7 Å². The first-order chi connectivity index (χ1) is 12.3. The maximum absolute atomic E-state index is 12.2. The zero-order chi connectivity index (χ0) is 17.2. The molecule has 2 aromatic carbocycles. The summed E-state index contributed by atoms with van der Waals surface area (Å²) in [5.74, 6) is 0. The summed E-state index contributed by atoms with van der Waals surface area (Å²) in [6.07, 6.45) is 4.29. The van der Waals surface area contributed by atoms with Gasteiger partial charge in [0.1, 0.15) is 5.58 Å². The molecule has 1 fully saturated rings. The van der Waals surface area contributed by atoms with Crippen LogP contribution in [0.25, 0.3) is 21.7 Å². The van der Waals surface area contributed by atoms with E-state index in [-0.39, 0.29) is 12.2 Å². The monoisotopic (exact) mass is 337 g/mol. The number of hydrogen-bond acceptors (Lipinski definition) is 4. The molecule has 4 heteroatoms. The van der Waals surface area contributed by atoms with E-state index >= 15 is 0 Å². The van der Waals surface area contributed by atoms with Gasteiger partial charge in [0.05, 0.1) is 0 Å². The van der Waals surface area contributed by atoms with Crippen LogP contribution >= 0.6 is 0 Å². The topological polar surface area (TPSA) is 53.7 Å². The Kier molecular flexibility index (Phi) is 4.55. The highest BCUT2D eigenvalue weighted by Crippen LogP contribution is 2.29. The lowest BCUT2D eigenvalue weighted by Crippen LogP contribution is -2.39. The van der Waals surface area contributed by atoms with E-state index in [1.54, 1.807) is 6.07 Å². The summed E-state index contributed by atoms with van der Waals surface area (Å²) in [7, 11) is 0. The van der Waals surface area contributed by atoms with E-state index < -0.39 is 0 Å². The lowest BCUT2D eigenvalue weighted by Gasteiger charge is -2.35. The Morgan fingerprint density at radius 2 is 2.00 bits per heavy atom. The summed E-state index contributed by atoms with van der Waals surface area (Å²) >= 11 is 0. The molecule has 1 N–H and O–H groups in total. The van der Waals surface area contributed by atoms with E-state index in [9.17, 15) is 9.90 Å². The van der Waals surface area contributed by atoms with E-state index in [4.69, 9.17) is 4.42 Å². The van der Waals surface area contributed by atoms with Gasteiger partial charge in [0, 0.05) is 36.0 Å². The van der Waals surface area contributed by atoms with Crippen molar-refractivity contribution < 1.29 is 9.52 Å². The fraction of sp³-hybridized carbons (Fsp3) is 0.381. The Balaban J connectivity index is 1.79. The van der Waals surface area contributed by atoms with Gasteiger partial charge in [-0.05, 0) is 36.8 Å². The van der Waals surface area contributed by atoms with Gasteiger partial charge in [-0.3, -0.25) is 4.90 Å². The fourth-order valence-corrected chi connectivity index (χ4v) is 4.05. The van der Waals surface area contributed by atoms with Gasteiger partial charge < -0.3 is 9.52 Å². The molecule has 4 nitrogen and oxygen atoms in total. The smallest absolute Gasteiger partial charge is 0.336 e. The van der Waals surface area contributed by atoms with Crippen LogP contribution in [-0.2, 0) is 6.54 Å². The van der Waals surface area contributed by atoms with Crippen LogP contribution < -0.4 is 5.63 Å². The molecule has 4 rings (SSSR count). The first kappa shape index (κ1) is 16.3. The third kappa shape index (κ3) is 3.20. The van der Waals surface area contributed by atoms with Crippen molar-refractivity contribution in [1.82, 2.24) is 4.90 Å². The van der Waals surface area contributed by atoms with Gasteiger partial charge in [-0.2, -0.15) is 0 Å². The van der Waals surface area contributed by atoms with Gasteiger partial charge in [0.2, 0.25) is 0 Å². The second-order valence-corrected chi connectivity index (χ2v) is 6.89.